The van der Waals surface area contributed by atoms with Gasteiger partial charge >= 0.3 is 0 Å². The normalized spacial score (nSPS) is 16.4. The molecule has 0 aliphatic carbocycles. The van der Waals surface area contributed by atoms with Gasteiger partial charge in [0.15, 0.2) is 0 Å². The second-order valence-corrected chi connectivity index (χ2v) is 6.75. The zero-order chi connectivity index (χ0) is 19.6. The van der Waals surface area contributed by atoms with Gasteiger partial charge in [-0.05, 0) is 37.6 Å². The van der Waals surface area contributed by atoms with Crippen molar-refractivity contribution in [3.05, 3.63) is 47.5 Å². The predicted octanol–water partition coefficient (Wildman–Crippen LogP) is 3.31. The standard InChI is InChI=1S/C21H24N2O4/c1-13-5-7-17(14(2)9-13)22-21(25)15-10-20(24)23(12-15)18-11-16(26-3)6-8-19(18)27-4/h5-9,11,15H,10,12H2,1-4H3,(H,22,25). The van der Waals surface area contributed by atoms with E-state index in [2.05, 4.69) is 5.32 Å². The molecule has 6 heteroatoms. The molecule has 6 nitrogen and oxygen atoms in total. The van der Waals surface area contributed by atoms with Gasteiger partial charge in [0, 0.05) is 24.7 Å². The molecule has 1 aliphatic heterocycles. The maximum Gasteiger partial charge on any atom is 0.229 e. The lowest BCUT2D eigenvalue weighted by Gasteiger charge is -2.20. The number of nitrogens with zero attached hydrogens (tertiary/aromatic N) is 1. The number of rotatable bonds is 5. The van der Waals surface area contributed by atoms with E-state index in [0.717, 1.165) is 16.8 Å². The number of hydrogen-bond acceptors (Lipinski definition) is 4. The highest BCUT2D eigenvalue weighted by Crippen LogP contribution is 2.36. The smallest absolute Gasteiger partial charge is 0.229 e. The van der Waals surface area contributed by atoms with E-state index in [9.17, 15) is 9.59 Å². The number of methoxy groups -OCH3 is 2. The summed E-state index contributed by atoms with van der Waals surface area (Å²) in [7, 11) is 3.12. The molecule has 0 radical (unpaired) electrons. The van der Waals surface area contributed by atoms with Crippen LogP contribution < -0.4 is 19.7 Å². The third-order valence-electron chi connectivity index (χ3n) is 4.81. The molecule has 2 aromatic rings. The van der Waals surface area contributed by atoms with Crippen molar-refractivity contribution in [1.82, 2.24) is 0 Å². The number of carbonyl (C=O) groups is 2. The lowest BCUT2D eigenvalue weighted by Crippen LogP contribution is -2.28. The van der Waals surface area contributed by atoms with Gasteiger partial charge in [-0.15, -0.1) is 0 Å². The SMILES string of the molecule is COc1ccc(OC)c(N2CC(C(=O)Nc3ccc(C)cc3C)CC2=O)c1. The molecule has 2 aromatic carbocycles. The monoisotopic (exact) mass is 368 g/mol. The Balaban J connectivity index is 1.78. The second-order valence-electron chi connectivity index (χ2n) is 6.75. The molecule has 142 valence electrons. The third kappa shape index (κ3) is 3.89. The summed E-state index contributed by atoms with van der Waals surface area (Å²) >= 11 is 0. The fourth-order valence-corrected chi connectivity index (χ4v) is 3.31. The molecular formula is C21H24N2O4. The Labute approximate surface area is 159 Å². The van der Waals surface area contributed by atoms with Crippen LogP contribution in [0.3, 0.4) is 0 Å². The molecule has 0 saturated carbocycles. The summed E-state index contributed by atoms with van der Waals surface area (Å²) in [5, 5.41) is 2.95. The molecule has 1 heterocycles. The van der Waals surface area contributed by atoms with Crippen LogP contribution in [0.5, 0.6) is 11.5 Å². The maximum absolute atomic E-state index is 12.7. The van der Waals surface area contributed by atoms with E-state index in [1.165, 1.54) is 0 Å². The summed E-state index contributed by atoms with van der Waals surface area (Å²) in [6.07, 6.45) is 0.164. The van der Waals surface area contributed by atoms with Crippen molar-refractivity contribution in [2.45, 2.75) is 20.3 Å². The van der Waals surface area contributed by atoms with E-state index in [1.54, 1.807) is 37.3 Å². The first-order valence-electron chi connectivity index (χ1n) is 8.83. The number of amides is 2. The van der Waals surface area contributed by atoms with E-state index < -0.39 is 5.92 Å². The fraction of sp³-hybridized carbons (Fsp3) is 0.333. The van der Waals surface area contributed by atoms with Crippen molar-refractivity contribution in [2.24, 2.45) is 5.92 Å². The molecule has 1 unspecified atom stereocenters. The van der Waals surface area contributed by atoms with Gasteiger partial charge in [0.2, 0.25) is 11.8 Å². The molecule has 27 heavy (non-hydrogen) atoms. The molecular weight excluding hydrogens is 344 g/mol. The average molecular weight is 368 g/mol. The molecule has 1 atom stereocenters. The number of benzene rings is 2. The molecule has 2 amide bonds. The Hall–Kier alpha value is -3.02. The summed E-state index contributed by atoms with van der Waals surface area (Å²) in [6.45, 7) is 4.27. The van der Waals surface area contributed by atoms with Gasteiger partial charge in [-0.3, -0.25) is 9.59 Å². The van der Waals surface area contributed by atoms with Crippen LogP contribution in [0.1, 0.15) is 17.5 Å². The quantitative estimate of drug-likeness (QED) is 0.879. The first-order chi connectivity index (χ1) is 12.9. The van der Waals surface area contributed by atoms with Gasteiger partial charge in [-0.2, -0.15) is 0 Å². The lowest BCUT2D eigenvalue weighted by atomic mass is 10.1. The molecule has 1 fully saturated rings. The van der Waals surface area contributed by atoms with E-state index in [4.69, 9.17) is 9.47 Å². The first kappa shape index (κ1) is 18.8. The van der Waals surface area contributed by atoms with Crippen molar-refractivity contribution < 1.29 is 19.1 Å². The number of anilines is 2. The summed E-state index contributed by atoms with van der Waals surface area (Å²) in [6, 6.07) is 11.1. The summed E-state index contributed by atoms with van der Waals surface area (Å²) in [5.41, 5.74) is 3.52. The van der Waals surface area contributed by atoms with Crippen LogP contribution in [0.25, 0.3) is 0 Å². The van der Waals surface area contributed by atoms with Crippen LogP contribution in [-0.2, 0) is 9.59 Å². The van der Waals surface area contributed by atoms with Gasteiger partial charge in [0.25, 0.3) is 0 Å². The number of nitrogens with one attached hydrogen (secondary N) is 1. The van der Waals surface area contributed by atoms with Crippen LogP contribution in [0.15, 0.2) is 36.4 Å². The van der Waals surface area contributed by atoms with E-state index in [1.807, 2.05) is 32.0 Å². The van der Waals surface area contributed by atoms with Crippen molar-refractivity contribution in [2.75, 3.05) is 31.0 Å². The molecule has 0 aromatic heterocycles. The summed E-state index contributed by atoms with van der Waals surface area (Å²) in [5.74, 6) is 0.512. The zero-order valence-corrected chi connectivity index (χ0v) is 16.0. The minimum Gasteiger partial charge on any atom is -0.497 e. The van der Waals surface area contributed by atoms with Crippen LogP contribution in [0.4, 0.5) is 11.4 Å². The average Bonchev–Trinajstić information content (AvgIpc) is 3.05. The minimum absolute atomic E-state index is 0.109. The van der Waals surface area contributed by atoms with Crippen molar-refractivity contribution in [3.8, 4) is 11.5 Å². The second kappa shape index (κ2) is 7.70. The van der Waals surface area contributed by atoms with E-state index in [0.29, 0.717) is 23.7 Å². The fourth-order valence-electron chi connectivity index (χ4n) is 3.31. The minimum atomic E-state index is -0.422. The Morgan fingerprint density at radius 2 is 1.89 bits per heavy atom. The lowest BCUT2D eigenvalue weighted by molar-refractivity contribution is -0.122. The van der Waals surface area contributed by atoms with Crippen LogP contribution in [-0.4, -0.2) is 32.6 Å². The van der Waals surface area contributed by atoms with E-state index >= 15 is 0 Å². The number of hydrogen-bond donors (Lipinski definition) is 1. The third-order valence-corrected chi connectivity index (χ3v) is 4.81. The first-order valence-corrected chi connectivity index (χ1v) is 8.83. The van der Waals surface area contributed by atoms with Gasteiger partial charge in [0.05, 0.1) is 25.8 Å². The maximum atomic E-state index is 12.7. The van der Waals surface area contributed by atoms with Crippen LogP contribution >= 0.6 is 0 Å². The Morgan fingerprint density at radius 3 is 2.56 bits per heavy atom. The Kier molecular flexibility index (Phi) is 5.35. The molecule has 0 spiro atoms. The topological polar surface area (TPSA) is 67.9 Å². The molecule has 1 saturated heterocycles. The number of aryl methyl sites for hydroxylation is 2. The Morgan fingerprint density at radius 1 is 1.11 bits per heavy atom. The van der Waals surface area contributed by atoms with Gasteiger partial charge in [-0.25, -0.2) is 0 Å². The molecule has 1 aliphatic rings. The van der Waals surface area contributed by atoms with Gasteiger partial charge in [0.1, 0.15) is 11.5 Å². The summed E-state index contributed by atoms with van der Waals surface area (Å²) in [4.78, 5) is 26.9. The largest absolute Gasteiger partial charge is 0.497 e. The predicted molar refractivity (Wildman–Crippen MR) is 105 cm³/mol. The molecule has 1 N–H and O–H groups in total. The molecule has 0 bridgehead atoms. The summed E-state index contributed by atoms with van der Waals surface area (Å²) < 4.78 is 10.6. The highest BCUT2D eigenvalue weighted by molar-refractivity contribution is 6.04. The van der Waals surface area contributed by atoms with Crippen LogP contribution in [0, 0.1) is 19.8 Å². The molecule has 3 rings (SSSR count). The zero-order valence-electron chi connectivity index (χ0n) is 16.0. The van der Waals surface area contributed by atoms with Gasteiger partial charge < -0.3 is 19.7 Å². The van der Waals surface area contributed by atoms with Crippen molar-refractivity contribution in [3.63, 3.8) is 0 Å². The van der Waals surface area contributed by atoms with Crippen LogP contribution in [0.2, 0.25) is 0 Å². The van der Waals surface area contributed by atoms with Crippen molar-refractivity contribution in [1.29, 1.82) is 0 Å². The van der Waals surface area contributed by atoms with E-state index in [-0.39, 0.29) is 18.2 Å². The number of ether oxygens (including phenoxy) is 2. The highest BCUT2D eigenvalue weighted by Gasteiger charge is 2.36. The van der Waals surface area contributed by atoms with Crippen molar-refractivity contribution >= 4 is 23.2 Å². The Bertz CT molecular complexity index is 878. The number of carbonyl (C=O) groups excluding carboxylic acids is 2. The highest BCUT2D eigenvalue weighted by atomic mass is 16.5. The van der Waals surface area contributed by atoms with Gasteiger partial charge in [-0.1, -0.05) is 17.7 Å².